The van der Waals surface area contributed by atoms with Crippen molar-refractivity contribution in [1.82, 2.24) is 0 Å². The minimum Gasteiger partial charge on any atom is -0.367 e. The molecule has 0 spiro atoms. The second-order valence-corrected chi connectivity index (χ2v) is 3.07. The van der Waals surface area contributed by atoms with E-state index < -0.39 is 0 Å². The fourth-order valence-electron chi connectivity index (χ4n) is 0.838. The molecule has 1 heterocycles. The minimum atomic E-state index is 0.134. The molecule has 0 N–H and O–H groups in total. The van der Waals surface area contributed by atoms with Gasteiger partial charge in [0.15, 0.2) is 0 Å². The molecule has 1 saturated heterocycles. The Kier molecular flexibility index (Phi) is 1.50. The molecule has 0 aromatic carbocycles. The highest BCUT2D eigenvalue weighted by atomic mass is 35.5. The van der Waals surface area contributed by atoms with Crippen molar-refractivity contribution in [2.45, 2.75) is 32.0 Å². The Labute approximate surface area is 55.0 Å². The zero-order valence-corrected chi connectivity index (χ0v) is 6.03. The lowest BCUT2D eigenvalue weighted by Crippen LogP contribution is -2.02. The Hall–Kier alpha value is 0.250. The first-order valence-electron chi connectivity index (χ1n) is 2.90. The van der Waals surface area contributed by atoms with E-state index in [1.807, 2.05) is 0 Å². The maximum Gasteiger partial charge on any atom is 0.0893 e. The van der Waals surface area contributed by atoms with Crippen molar-refractivity contribution >= 4 is 11.6 Å². The Morgan fingerprint density at radius 2 is 2.12 bits per heavy atom. The molecule has 1 unspecified atom stereocenters. The molecule has 0 amide bonds. The number of rotatable bonds is 2. The van der Waals surface area contributed by atoms with E-state index in [-0.39, 0.29) is 5.60 Å². The molecule has 0 aromatic heterocycles. The van der Waals surface area contributed by atoms with Gasteiger partial charge in [-0.1, -0.05) is 0 Å². The molecule has 0 saturated carbocycles. The molecule has 1 rings (SSSR count). The number of epoxide rings is 1. The normalized spacial score (nSPS) is 32.6. The summed E-state index contributed by atoms with van der Waals surface area (Å²) < 4.78 is 5.26. The van der Waals surface area contributed by atoms with Gasteiger partial charge in [-0.25, -0.2) is 0 Å². The predicted molar refractivity (Wildman–Crippen MR) is 34.3 cm³/mol. The molecule has 48 valence electrons. The number of ether oxygens (including phenoxy) is 1. The van der Waals surface area contributed by atoms with Crippen molar-refractivity contribution in [3.05, 3.63) is 0 Å². The largest absolute Gasteiger partial charge is 0.367 e. The van der Waals surface area contributed by atoms with Gasteiger partial charge in [0.1, 0.15) is 0 Å². The van der Waals surface area contributed by atoms with Crippen molar-refractivity contribution in [2.24, 2.45) is 0 Å². The van der Waals surface area contributed by atoms with Crippen molar-refractivity contribution in [2.75, 3.05) is 5.88 Å². The molecule has 1 nitrogen and oxygen atoms in total. The third kappa shape index (κ3) is 1.15. The van der Waals surface area contributed by atoms with Gasteiger partial charge in [0.2, 0.25) is 0 Å². The Bertz CT molecular complexity index is 90.5. The fourth-order valence-corrected chi connectivity index (χ4v) is 1.04. The Morgan fingerprint density at radius 1 is 1.62 bits per heavy atom. The van der Waals surface area contributed by atoms with Crippen molar-refractivity contribution in [1.29, 1.82) is 0 Å². The van der Waals surface area contributed by atoms with E-state index in [2.05, 4.69) is 13.8 Å². The summed E-state index contributed by atoms with van der Waals surface area (Å²) in [6, 6.07) is 0. The number of alkyl halides is 1. The molecule has 1 aliphatic rings. The molecule has 1 aliphatic heterocycles. The van der Waals surface area contributed by atoms with Gasteiger partial charge >= 0.3 is 0 Å². The first-order valence-corrected chi connectivity index (χ1v) is 3.44. The molecule has 0 aliphatic carbocycles. The maximum atomic E-state index is 5.48. The Balaban J connectivity index is 2.17. The van der Waals surface area contributed by atoms with Gasteiger partial charge in [-0.05, 0) is 20.3 Å². The van der Waals surface area contributed by atoms with Crippen LogP contribution in [0.3, 0.4) is 0 Å². The van der Waals surface area contributed by atoms with Crippen LogP contribution < -0.4 is 0 Å². The third-order valence-corrected chi connectivity index (χ3v) is 1.75. The topological polar surface area (TPSA) is 12.5 Å². The first-order chi connectivity index (χ1) is 3.67. The third-order valence-electron chi connectivity index (χ3n) is 1.54. The molecule has 0 radical (unpaired) electrons. The van der Waals surface area contributed by atoms with E-state index in [1.165, 1.54) is 0 Å². The van der Waals surface area contributed by atoms with Crippen LogP contribution in [0, 0.1) is 0 Å². The summed E-state index contributed by atoms with van der Waals surface area (Å²) in [6.45, 7) is 4.18. The van der Waals surface area contributed by atoms with E-state index in [9.17, 15) is 0 Å². The van der Waals surface area contributed by atoms with E-state index in [0.29, 0.717) is 12.0 Å². The second kappa shape index (κ2) is 1.89. The van der Waals surface area contributed by atoms with Crippen LogP contribution in [-0.4, -0.2) is 17.6 Å². The van der Waals surface area contributed by atoms with Crippen LogP contribution in [0.15, 0.2) is 0 Å². The standard InChI is InChI=1S/C6H11ClO/c1-6(2)5(8-6)3-4-7/h5H,3-4H2,1-2H3. The molecule has 1 fully saturated rings. The van der Waals surface area contributed by atoms with Gasteiger partial charge in [0.05, 0.1) is 11.7 Å². The summed E-state index contributed by atoms with van der Waals surface area (Å²) >= 11 is 5.48. The monoisotopic (exact) mass is 134 g/mol. The molecule has 1 atom stereocenters. The molecular formula is C6H11ClO. The first kappa shape index (κ1) is 6.37. The zero-order chi connectivity index (χ0) is 6.20. The van der Waals surface area contributed by atoms with Crippen molar-refractivity contribution in [3.63, 3.8) is 0 Å². The highest BCUT2D eigenvalue weighted by Crippen LogP contribution is 2.37. The average Bonchev–Trinajstić information content (AvgIpc) is 2.15. The zero-order valence-electron chi connectivity index (χ0n) is 5.28. The van der Waals surface area contributed by atoms with Crippen LogP contribution in [-0.2, 0) is 4.74 Å². The quantitative estimate of drug-likeness (QED) is 0.415. The highest BCUT2D eigenvalue weighted by molar-refractivity contribution is 6.17. The van der Waals surface area contributed by atoms with Gasteiger partial charge in [-0.2, -0.15) is 0 Å². The van der Waals surface area contributed by atoms with Gasteiger partial charge < -0.3 is 4.74 Å². The lowest BCUT2D eigenvalue weighted by Gasteiger charge is -1.90. The lowest BCUT2D eigenvalue weighted by atomic mass is 10.1. The van der Waals surface area contributed by atoms with Crippen LogP contribution in [0.5, 0.6) is 0 Å². The Morgan fingerprint density at radius 3 is 2.25 bits per heavy atom. The van der Waals surface area contributed by atoms with Gasteiger partial charge in [0.25, 0.3) is 0 Å². The van der Waals surface area contributed by atoms with Crippen molar-refractivity contribution < 1.29 is 4.74 Å². The summed E-state index contributed by atoms with van der Waals surface area (Å²) in [5.41, 5.74) is 0.134. The SMILES string of the molecule is CC1(C)OC1CCCl. The van der Waals surface area contributed by atoms with Gasteiger partial charge in [-0.15, -0.1) is 11.6 Å². The minimum absolute atomic E-state index is 0.134. The summed E-state index contributed by atoms with van der Waals surface area (Å²) in [5, 5.41) is 0. The molecule has 0 bridgehead atoms. The number of hydrogen-bond donors (Lipinski definition) is 0. The molecular weight excluding hydrogens is 124 g/mol. The van der Waals surface area contributed by atoms with E-state index in [0.717, 1.165) is 6.42 Å². The highest BCUT2D eigenvalue weighted by Gasteiger charge is 2.46. The molecule has 8 heavy (non-hydrogen) atoms. The van der Waals surface area contributed by atoms with Crippen LogP contribution in [0.1, 0.15) is 20.3 Å². The van der Waals surface area contributed by atoms with Gasteiger partial charge in [-0.3, -0.25) is 0 Å². The average molecular weight is 135 g/mol. The van der Waals surface area contributed by atoms with E-state index >= 15 is 0 Å². The number of halogens is 1. The predicted octanol–water partition coefficient (Wildman–Crippen LogP) is 1.79. The smallest absolute Gasteiger partial charge is 0.0893 e. The van der Waals surface area contributed by atoms with Crippen LogP contribution >= 0.6 is 11.6 Å². The maximum absolute atomic E-state index is 5.48. The summed E-state index contributed by atoms with van der Waals surface area (Å²) in [5.74, 6) is 0.716. The summed E-state index contributed by atoms with van der Waals surface area (Å²) in [4.78, 5) is 0. The molecule has 2 heteroatoms. The number of hydrogen-bond acceptors (Lipinski definition) is 1. The van der Waals surface area contributed by atoms with E-state index in [4.69, 9.17) is 16.3 Å². The lowest BCUT2D eigenvalue weighted by molar-refractivity contribution is 0.322. The van der Waals surface area contributed by atoms with E-state index in [1.54, 1.807) is 0 Å². The van der Waals surface area contributed by atoms with Crippen LogP contribution in [0.4, 0.5) is 0 Å². The van der Waals surface area contributed by atoms with Crippen LogP contribution in [0.2, 0.25) is 0 Å². The second-order valence-electron chi connectivity index (χ2n) is 2.69. The summed E-state index contributed by atoms with van der Waals surface area (Å²) in [6.07, 6.45) is 1.43. The fraction of sp³-hybridized carbons (Fsp3) is 1.00. The molecule has 0 aromatic rings. The summed E-state index contributed by atoms with van der Waals surface area (Å²) in [7, 11) is 0. The van der Waals surface area contributed by atoms with Crippen molar-refractivity contribution in [3.8, 4) is 0 Å². The van der Waals surface area contributed by atoms with Crippen LogP contribution in [0.25, 0.3) is 0 Å². The van der Waals surface area contributed by atoms with Gasteiger partial charge in [0, 0.05) is 5.88 Å².